The number of amides is 3. The van der Waals surface area contributed by atoms with E-state index < -0.39 is 23.8 Å². The number of aryl methyl sites for hydroxylation is 1. The van der Waals surface area contributed by atoms with Crippen molar-refractivity contribution < 1.29 is 19.1 Å². The summed E-state index contributed by atoms with van der Waals surface area (Å²) in [6.07, 6.45) is 2.70. The summed E-state index contributed by atoms with van der Waals surface area (Å²) in [4.78, 5) is 40.7. The van der Waals surface area contributed by atoms with E-state index in [9.17, 15) is 14.4 Å². The van der Waals surface area contributed by atoms with Crippen LogP contribution < -0.4 is 10.6 Å². The van der Waals surface area contributed by atoms with Crippen LogP contribution in [0, 0.1) is 0 Å². The second-order valence-corrected chi connectivity index (χ2v) is 9.60. The standard InChI is InChI=1S/C26H43N3O4/c1-9-12-18(4)27-23(30)22(21-15-13-20(11-3)14-16-21)29(17-10-2)24(31)19(5)28-25(32)33-26(6,7)8/h13-16,18-19,22H,9-12,17H2,1-8H3,(H,27,30)(H,28,32). The van der Waals surface area contributed by atoms with Gasteiger partial charge in [0.25, 0.3) is 0 Å². The third-order valence-electron chi connectivity index (χ3n) is 5.23. The molecule has 0 aliphatic carbocycles. The smallest absolute Gasteiger partial charge is 0.408 e. The highest BCUT2D eigenvalue weighted by molar-refractivity contribution is 5.92. The number of hydrogen-bond acceptors (Lipinski definition) is 4. The second-order valence-electron chi connectivity index (χ2n) is 9.60. The van der Waals surface area contributed by atoms with Crippen molar-refractivity contribution >= 4 is 17.9 Å². The maximum absolute atomic E-state index is 13.5. The van der Waals surface area contributed by atoms with E-state index in [4.69, 9.17) is 4.74 Å². The predicted octanol–water partition coefficient (Wildman–Crippen LogP) is 4.75. The van der Waals surface area contributed by atoms with Crippen molar-refractivity contribution in [2.24, 2.45) is 0 Å². The van der Waals surface area contributed by atoms with Crippen molar-refractivity contribution in [2.75, 3.05) is 6.54 Å². The fourth-order valence-electron chi connectivity index (χ4n) is 3.64. The van der Waals surface area contributed by atoms with E-state index in [1.807, 2.05) is 38.1 Å². The van der Waals surface area contributed by atoms with Crippen LogP contribution in [0.3, 0.4) is 0 Å². The number of hydrogen-bond donors (Lipinski definition) is 2. The molecule has 2 N–H and O–H groups in total. The van der Waals surface area contributed by atoms with Crippen LogP contribution in [0.15, 0.2) is 24.3 Å². The third kappa shape index (κ3) is 9.44. The highest BCUT2D eigenvalue weighted by Gasteiger charge is 2.34. The van der Waals surface area contributed by atoms with Crippen molar-refractivity contribution in [3.63, 3.8) is 0 Å². The number of ether oxygens (including phenoxy) is 1. The Morgan fingerprint density at radius 3 is 2.06 bits per heavy atom. The van der Waals surface area contributed by atoms with Gasteiger partial charge in [-0.3, -0.25) is 9.59 Å². The van der Waals surface area contributed by atoms with E-state index >= 15 is 0 Å². The van der Waals surface area contributed by atoms with Gasteiger partial charge in [0, 0.05) is 12.6 Å². The summed E-state index contributed by atoms with van der Waals surface area (Å²) in [5, 5.41) is 5.68. The average Bonchev–Trinajstić information content (AvgIpc) is 2.72. The molecule has 0 fully saturated rings. The van der Waals surface area contributed by atoms with E-state index in [0.29, 0.717) is 13.0 Å². The number of carbonyl (C=O) groups is 3. The number of nitrogens with one attached hydrogen (secondary N) is 2. The fraction of sp³-hybridized carbons (Fsp3) is 0.654. The van der Waals surface area contributed by atoms with Crippen LogP contribution in [-0.2, 0) is 20.7 Å². The van der Waals surface area contributed by atoms with Crippen molar-refractivity contribution in [1.82, 2.24) is 15.5 Å². The quantitative estimate of drug-likeness (QED) is 0.498. The third-order valence-corrected chi connectivity index (χ3v) is 5.23. The number of carbonyl (C=O) groups excluding carboxylic acids is 3. The van der Waals surface area contributed by atoms with Crippen molar-refractivity contribution in [2.45, 2.75) is 105 Å². The Kier molecular flexibility index (Phi) is 11.4. The molecule has 0 aromatic heterocycles. The summed E-state index contributed by atoms with van der Waals surface area (Å²) < 4.78 is 5.30. The summed E-state index contributed by atoms with van der Waals surface area (Å²) in [6, 6.07) is 6.17. The fourth-order valence-corrected chi connectivity index (χ4v) is 3.64. The lowest BCUT2D eigenvalue weighted by Crippen LogP contribution is -2.52. The highest BCUT2D eigenvalue weighted by atomic mass is 16.6. The van der Waals surface area contributed by atoms with E-state index in [0.717, 1.165) is 30.4 Å². The minimum absolute atomic E-state index is 0.00388. The molecular weight excluding hydrogens is 418 g/mol. The molecule has 3 atom stereocenters. The zero-order valence-corrected chi connectivity index (χ0v) is 21.7. The summed E-state index contributed by atoms with van der Waals surface area (Å²) in [5.74, 6) is -0.544. The van der Waals surface area contributed by atoms with Gasteiger partial charge in [-0.25, -0.2) is 4.79 Å². The van der Waals surface area contributed by atoms with Crippen LogP contribution in [0.1, 0.15) is 91.8 Å². The maximum atomic E-state index is 13.5. The maximum Gasteiger partial charge on any atom is 0.408 e. The summed E-state index contributed by atoms with van der Waals surface area (Å²) in [6.45, 7) is 15.4. The van der Waals surface area contributed by atoms with Gasteiger partial charge < -0.3 is 20.3 Å². The minimum atomic E-state index is -0.843. The van der Waals surface area contributed by atoms with Crippen molar-refractivity contribution in [3.05, 3.63) is 35.4 Å². The first-order chi connectivity index (χ1) is 15.4. The highest BCUT2D eigenvalue weighted by Crippen LogP contribution is 2.24. The zero-order valence-electron chi connectivity index (χ0n) is 21.7. The normalized spacial score (nSPS) is 14.1. The van der Waals surface area contributed by atoms with E-state index in [-0.39, 0.29) is 17.9 Å². The lowest BCUT2D eigenvalue weighted by Gasteiger charge is -2.34. The molecule has 186 valence electrons. The van der Waals surface area contributed by atoms with Crippen LogP contribution in [0.25, 0.3) is 0 Å². The summed E-state index contributed by atoms with van der Waals surface area (Å²) >= 11 is 0. The summed E-state index contributed by atoms with van der Waals surface area (Å²) in [5.41, 5.74) is 1.24. The Hall–Kier alpha value is -2.57. The Labute approximate surface area is 199 Å². The monoisotopic (exact) mass is 461 g/mol. The molecule has 3 unspecified atom stereocenters. The van der Waals surface area contributed by atoms with Crippen LogP contribution in [0.2, 0.25) is 0 Å². The van der Waals surface area contributed by atoms with Crippen molar-refractivity contribution in [3.8, 4) is 0 Å². The summed E-state index contributed by atoms with van der Waals surface area (Å²) in [7, 11) is 0. The van der Waals surface area contributed by atoms with Crippen LogP contribution in [0.4, 0.5) is 4.79 Å². The van der Waals surface area contributed by atoms with Gasteiger partial charge in [0.15, 0.2) is 0 Å². The average molecular weight is 462 g/mol. The first-order valence-electron chi connectivity index (χ1n) is 12.1. The molecule has 0 heterocycles. The molecule has 3 amide bonds. The largest absolute Gasteiger partial charge is 0.444 e. The van der Waals surface area contributed by atoms with Gasteiger partial charge in [-0.1, -0.05) is 51.5 Å². The molecule has 0 bridgehead atoms. The molecular formula is C26H43N3O4. The van der Waals surface area contributed by atoms with Gasteiger partial charge in [-0.2, -0.15) is 0 Å². The molecule has 0 radical (unpaired) electrons. The number of nitrogens with zero attached hydrogens (tertiary/aromatic N) is 1. The Balaban J connectivity index is 3.25. The number of alkyl carbamates (subject to hydrolysis) is 1. The van der Waals surface area contributed by atoms with Gasteiger partial charge in [0.2, 0.25) is 11.8 Å². The number of rotatable bonds is 11. The first-order valence-corrected chi connectivity index (χ1v) is 12.1. The molecule has 0 saturated heterocycles. The SMILES string of the molecule is CCCC(C)NC(=O)C(c1ccc(CC)cc1)N(CCC)C(=O)C(C)NC(=O)OC(C)(C)C. The van der Waals surface area contributed by atoms with E-state index in [2.05, 4.69) is 24.5 Å². The lowest BCUT2D eigenvalue weighted by molar-refractivity contribution is -0.142. The van der Waals surface area contributed by atoms with Gasteiger partial charge in [0.1, 0.15) is 17.7 Å². The first kappa shape index (κ1) is 28.5. The molecule has 1 aromatic carbocycles. The van der Waals surface area contributed by atoms with Crippen molar-refractivity contribution in [1.29, 1.82) is 0 Å². The predicted molar refractivity (Wildman–Crippen MR) is 132 cm³/mol. The molecule has 0 aliphatic heterocycles. The Bertz CT molecular complexity index is 771. The topological polar surface area (TPSA) is 87.7 Å². The van der Waals surface area contributed by atoms with Gasteiger partial charge >= 0.3 is 6.09 Å². The van der Waals surface area contributed by atoms with Crippen LogP contribution >= 0.6 is 0 Å². The molecule has 0 saturated carbocycles. The molecule has 7 nitrogen and oxygen atoms in total. The molecule has 1 aromatic rings. The molecule has 33 heavy (non-hydrogen) atoms. The molecule has 0 aliphatic rings. The van der Waals surface area contributed by atoms with Crippen LogP contribution in [-0.4, -0.2) is 47.0 Å². The van der Waals surface area contributed by atoms with Gasteiger partial charge in [0.05, 0.1) is 0 Å². The molecule has 0 spiro atoms. The molecule has 7 heteroatoms. The Morgan fingerprint density at radius 2 is 1.58 bits per heavy atom. The second kappa shape index (κ2) is 13.2. The number of benzene rings is 1. The molecule has 1 rings (SSSR count). The van der Waals surface area contributed by atoms with Crippen LogP contribution in [0.5, 0.6) is 0 Å². The Morgan fingerprint density at radius 1 is 0.970 bits per heavy atom. The van der Waals surface area contributed by atoms with E-state index in [1.54, 1.807) is 32.6 Å². The zero-order chi connectivity index (χ0) is 25.2. The van der Waals surface area contributed by atoms with E-state index in [1.165, 1.54) is 0 Å². The lowest BCUT2D eigenvalue weighted by atomic mass is 10.00. The van der Waals surface area contributed by atoms with Gasteiger partial charge in [-0.05, 0) is 65.0 Å². The van der Waals surface area contributed by atoms with Gasteiger partial charge in [-0.15, -0.1) is 0 Å². The minimum Gasteiger partial charge on any atom is -0.444 e.